The maximum absolute atomic E-state index is 11.1. The summed E-state index contributed by atoms with van der Waals surface area (Å²) in [6.45, 7) is 1.74. The standard InChI is InChI=1S/C10H8BrNO2/c1-6-9(14-12-10(6)13)7-2-4-8(11)5-3-7/h2-5H,1H3,(H,12,13). The highest BCUT2D eigenvalue weighted by Crippen LogP contribution is 2.22. The van der Waals surface area contributed by atoms with Crippen molar-refractivity contribution in [3.8, 4) is 11.3 Å². The fourth-order valence-electron chi connectivity index (χ4n) is 1.23. The lowest BCUT2D eigenvalue weighted by Crippen LogP contribution is -2.00. The van der Waals surface area contributed by atoms with Crippen LogP contribution in [0.15, 0.2) is 38.1 Å². The monoisotopic (exact) mass is 253 g/mol. The van der Waals surface area contributed by atoms with E-state index in [1.54, 1.807) is 6.92 Å². The molecule has 0 amide bonds. The van der Waals surface area contributed by atoms with Gasteiger partial charge in [-0.05, 0) is 19.1 Å². The van der Waals surface area contributed by atoms with Crippen LogP contribution in [0.2, 0.25) is 0 Å². The lowest BCUT2D eigenvalue weighted by molar-refractivity contribution is 0.425. The predicted molar refractivity (Wildman–Crippen MR) is 57.2 cm³/mol. The van der Waals surface area contributed by atoms with Gasteiger partial charge in [0.15, 0.2) is 5.76 Å². The van der Waals surface area contributed by atoms with Crippen LogP contribution in [0.4, 0.5) is 0 Å². The van der Waals surface area contributed by atoms with Gasteiger partial charge in [-0.1, -0.05) is 28.1 Å². The SMILES string of the molecule is Cc1c(-c2ccc(Br)cc2)o[nH]c1=O. The quantitative estimate of drug-likeness (QED) is 0.850. The molecule has 14 heavy (non-hydrogen) atoms. The molecule has 0 radical (unpaired) electrons. The van der Waals surface area contributed by atoms with Gasteiger partial charge in [-0.2, -0.15) is 5.16 Å². The molecule has 4 heteroatoms. The maximum atomic E-state index is 11.1. The van der Waals surface area contributed by atoms with E-state index in [1.807, 2.05) is 24.3 Å². The topological polar surface area (TPSA) is 46.0 Å². The molecule has 0 saturated carbocycles. The molecule has 0 atom stereocenters. The van der Waals surface area contributed by atoms with Gasteiger partial charge in [0.05, 0.1) is 5.56 Å². The van der Waals surface area contributed by atoms with Crippen LogP contribution in [0.1, 0.15) is 5.56 Å². The first kappa shape index (κ1) is 9.27. The maximum Gasteiger partial charge on any atom is 0.283 e. The van der Waals surface area contributed by atoms with Crippen LogP contribution in [0.5, 0.6) is 0 Å². The minimum Gasteiger partial charge on any atom is -0.378 e. The smallest absolute Gasteiger partial charge is 0.283 e. The zero-order chi connectivity index (χ0) is 10.1. The second kappa shape index (κ2) is 3.46. The third-order valence-electron chi connectivity index (χ3n) is 2.03. The zero-order valence-electron chi connectivity index (χ0n) is 7.50. The lowest BCUT2D eigenvalue weighted by atomic mass is 10.1. The molecule has 0 spiro atoms. The molecular formula is C10H8BrNO2. The summed E-state index contributed by atoms with van der Waals surface area (Å²) in [6, 6.07) is 7.59. The van der Waals surface area contributed by atoms with Crippen LogP contribution in [0, 0.1) is 6.92 Å². The van der Waals surface area contributed by atoms with E-state index in [0.29, 0.717) is 11.3 Å². The molecule has 1 aromatic carbocycles. The first-order valence-corrected chi connectivity index (χ1v) is 4.92. The molecule has 0 aliphatic rings. The van der Waals surface area contributed by atoms with E-state index < -0.39 is 0 Å². The van der Waals surface area contributed by atoms with Crippen molar-refractivity contribution in [1.82, 2.24) is 5.16 Å². The van der Waals surface area contributed by atoms with Crippen molar-refractivity contribution in [2.45, 2.75) is 6.92 Å². The summed E-state index contributed by atoms with van der Waals surface area (Å²) in [5, 5.41) is 2.31. The van der Waals surface area contributed by atoms with Crippen LogP contribution in [-0.2, 0) is 0 Å². The number of hydrogen-bond donors (Lipinski definition) is 1. The van der Waals surface area contributed by atoms with Gasteiger partial charge in [-0.25, -0.2) is 0 Å². The molecule has 2 aromatic rings. The second-order valence-electron chi connectivity index (χ2n) is 2.99. The van der Waals surface area contributed by atoms with E-state index in [4.69, 9.17) is 4.52 Å². The highest BCUT2D eigenvalue weighted by molar-refractivity contribution is 9.10. The molecule has 0 saturated heterocycles. The van der Waals surface area contributed by atoms with Gasteiger partial charge in [0, 0.05) is 10.0 Å². The molecule has 0 aliphatic carbocycles. The van der Waals surface area contributed by atoms with Gasteiger partial charge in [0.2, 0.25) is 0 Å². The number of nitrogens with one attached hydrogen (secondary N) is 1. The molecule has 1 N–H and O–H groups in total. The minimum absolute atomic E-state index is 0.178. The van der Waals surface area contributed by atoms with Crippen LogP contribution in [0.3, 0.4) is 0 Å². The highest BCUT2D eigenvalue weighted by atomic mass is 79.9. The normalized spacial score (nSPS) is 10.4. The third kappa shape index (κ3) is 1.53. The summed E-state index contributed by atoms with van der Waals surface area (Å²) in [4.78, 5) is 11.1. The Morgan fingerprint density at radius 3 is 2.43 bits per heavy atom. The van der Waals surface area contributed by atoms with E-state index in [0.717, 1.165) is 10.0 Å². The van der Waals surface area contributed by atoms with Crippen molar-refractivity contribution in [2.24, 2.45) is 0 Å². The van der Waals surface area contributed by atoms with E-state index in [-0.39, 0.29) is 5.56 Å². The molecular weight excluding hydrogens is 246 g/mol. The zero-order valence-corrected chi connectivity index (χ0v) is 9.09. The molecule has 0 bridgehead atoms. The number of aromatic amines is 1. The Kier molecular flexibility index (Phi) is 2.29. The Labute approximate surface area is 88.8 Å². The van der Waals surface area contributed by atoms with Crippen molar-refractivity contribution in [3.63, 3.8) is 0 Å². The average Bonchev–Trinajstić information content (AvgIpc) is 2.50. The fourth-order valence-corrected chi connectivity index (χ4v) is 1.49. The Balaban J connectivity index is 2.55. The Bertz CT molecular complexity index is 496. The van der Waals surface area contributed by atoms with E-state index in [9.17, 15) is 4.79 Å². The molecule has 1 aromatic heterocycles. The number of hydrogen-bond acceptors (Lipinski definition) is 2. The van der Waals surface area contributed by atoms with Gasteiger partial charge in [-0.3, -0.25) is 4.79 Å². The molecule has 0 aliphatic heterocycles. The summed E-state index contributed by atoms with van der Waals surface area (Å²) < 4.78 is 6.07. The molecule has 3 nitrogen and oxygen atoms in total. The van der Waals surface area contributed by atoms with Gasteiger partial charge >= 0.3 is 0 Å². The van der Waals surface area contributed by atoms with Crippen molar-refractivity contribution < 1.29 is 4.52 Å². The Morgan fingerprint density at radius 2 is 1.93 bits per heavy atom. The number of halogens is 1. The summed E-state index contributed by atoms with van der Waals surface area (Å²) >= 11 is 3.34. The second-order valence-corrected chi connectivity index (χ2v) is 3.91. The van der Waals surface area contributed by atoms with Gasteiger partial charge in [-0.15, -0.1) is 0 Å². The fraction of sp³-hybridized carbons (Fsp3) is 0.100. The van der Waals surface area contributed by atoms with Crippen molar-refractivity contribution >= 4 is 15.9 Å². The van der Waals surface area contributed by atoms with Crippen molar-refractivity contribution in [2.75, 3.05) is 0 Å². The number of aromatic nitrogens is 1. The van der Waals surface area contributed by atoms with Crippen LogP contribution in [0.25, 0.3) is 11.3 Å². The highest BCUT2D eigenvalue weighted by Gasteiger charge is 2.09. The van der Waals surface area contributed by atoms with Gasteiger partial charge in [0.1, 0.15) is 0 Å². The molecule has 72 valence electrons. The van der Waals surface area contributed by atoms with Crippen LogP contribution < -0.4 is 5.56 Å². The van der Waals surface area contributed by atoms with Gasteiger partial charge in [0.25, 0.3) is 5.56 Å². The Morgan fingerprint density at radius 1 is 1.29 bits per heavy atom. The molecule has 1 heterocycles. The first-order valence-electron chi connectivity index (χ1n) is 4.12. The van der Waals surface area contributed by atoms with E-state index in [1.165, 1.54) is 0 Å². The predicted octanol–water partition coefficient (Wildman–Crippen LogP) is 2.71. The Hall–Kier alpha value is -1.29. The summed E-state index contributed by atoms with van der Waals surface area (Å²) in [6.07, 6.45) is 0. The van der Waals surface area contributed by atoms with Crippen molar-refractivity contribution in [1.29, 1.82) is 0 Å². The third-order valence-corrected chi connectivity index (χ3v) is 2.56. The first-order chi connectivity index (χ1) is 6.68. The largest absolute Gasteiger partial charge is 0.378 e. The van der Waals surface area contributed by atoms with Crippen LogP contribution in [-0.4, -0.2) is 5.16 Å². The number of rotatable bonds is 1. The van der Waals surface area contributed by atoms with Crippen molar-refractivity contribution in [3.05, 3.63) is 44.7 Å². The molecule has 0 fully saturated rings. The summed E-state index contributed by atoms with van der Waals surface area (Å²) in [7, 11) is 0. The van der Waals surface area contributed by atoms with Gasteiger partial charge < -0.3 is 4.52 Å². The minimum atomic E-state index is -0.178. The number of H-pyrrole nitrogens is 1. The molecule has 2 rings (SSSR count). The van der Waals surface area contributed by atoms with E-state index in [2.05, 4.69) is 21.1 Å². The lowest BCUT2D eigenvalue weighted by Gasteiger charge is -1.96. The summed E-state index contributed by atoms with van der Waals surface area (Å²) in [5.41, 5.74) is 1.32. The van der Waals surface area contributed by atoms with E-state index >= 15 is 0 Å². The number of benzene rings is 1. The van der Waals surface area contributed by atoms with Crippen LogP contribution >= 0.6 is 15.9 Å². The average molecular weight is 254 g/mol. The molecule has 0 unspecified atom stereocenters. The summed E-state index contributed by atoms with van der Waals surface area (Å²) in [5.74, 6) is 0.600.